The van der Waals surface area contributed by atoms with E-state index >= 15 is 0 Å². The van der Waals surface area contributed by atoms with Gasteiger partial charge in [-0.05, 0) is 38.8 Å². The van der Waals surface area contributed by atoms with Crippen LogP contribution in [0.15, 0.2) is 0 Å². The molecule has 0 aliphatic rings. The second-order valence-electron chi connectivity index (χ2n) is 3.14. The predicted octanol–water partition coefficient (Wildman–Crippen LogP) is -1.06. The number of nitrogens with one attached hydrogen (secondary N) is 2. The summed E-state index contributed by atoms with van der Waals surface area (Å²) in [6, 6.07) is 0. The zero-order chi connectivity index (χ0) is 12.5. The lowest BCUT2D eigenvalue weighted by Gasteiger charge is -1.97. The highest BCUT2D eigenvalue weighted by Gasteiger charge is 1.84. The molecule has 96 valence electrons. The Labute approximate surface area is 97.1 Å². The van der Waals surface area contributed by atoms with Crippen molar-refractivity contribution in [3.8, 4) is 0 Å². The minimum Gasteiger partial charge on any atom is -0.359 e. The van der Waals surface area contributed by atoms with Crippen molar-refractivity contribution in [3.63, 3.8) is 0 Å². The number of unbranched alkanes of at least 4 members (excludes halogenated alkanes) is 2. The van der Waals surface area contributed by atoms with Gasteiger partial charge in [0.2, 0.25) is 12.8 Å². The topological polar surface area (TPSA) is 110 Å². The maximum absolute atomic E-state index is 9.71. The van der Waals surface area contributed by atoms with Crippen molar-refractivity contribution in [2.75, 3.05) is 26.2 Å². The summed E-state index contributed by atoms with van der Waals surface area (Å²) in [7, 11) is 0. The molecule has 0 saturated heterocycles. The van der Waals surface area contributed by atoms with Crippen LogP contribution in [-0.4, -0.2) is 39.0 Å². The van der Waals surface area contributed by atoms with E-state index in [-0.39, 0.29) is 0 Å². The van der Waals surface area contributed by atoms with E-state index in [0.717, 1.165) is 38.8 Å². The first kappa shape index (κ1) is 17.3. The van der Waals surface area contributed by atoms with Gasteiger partial charge in [-0.1, -0.05) is 0 Å². The van der Waals surface area contributed by atoms with E-state index in [2.05, 4.69) is 10.6 Å². The van der Waals surface area contributed by atoms with Gasteiger partial charge in [-0.2, -0.15) is 0 Å². The van der Waals surface area contributed by atoms with Crippen molar-refractivity contribution < 1.29 is 9.59 Å². The number of carbonyl (C=O) groups is 2. The molecular weight excluding hydrogens is 208 g/mol. The van der Waals surface area contributed by atoms with Gasteiger partial charge in [-0.25, -0.2) is 0 Å². The van der Waals surface area contributed by atoms with Crippen LogP contribution in [0.25, 0.3) is 0 Å². The standard InChI is InChI=1S/C6H12N2O2.C4H12N2/c9-5-7-3-1-2-4-8-6-10;5-3-1-2-4-6/h5-6H,1-4H2,(H,7,9)(H,8,10);1-6H2. The highest BCUT2D eigenvalue weighted by molar-refractivity contribution is 5.46. The molecule has 0 radical (unpaired) electrons. The molecule has 0 bridgehead atoms. The summed E-state index contributed by atoms with van der Waals surface area (Å²) in [5.41, 5.74) is 10.3. The van der Waals surface area contributed by atoms with E-state index in [1.54, 1.807) is 0 Å². The molecule has 0 rings (SSSR count). The van der Waals surface area contributed by atoms with Gasteiger partial charge in [0.25, 0.3) is 0 Å². The monoisotopic (exact) mass is 232 g/mol. The SMILES string of the molecule is NCCCCN.O=CNCCCCNC=O. The summed E-state index contributed by atoms with van der Waals surface area (Å²) >= 11 is 0. The molecule has 0 aliphatic heterocycles. The minimum absolute atomic E-state index is 0.674. The molecule has 0 aromatic heterocycles. The minimum atomic E-state index is 0.674. The normalized spacial score (nSPS) is 8.62. The van der Waals surface area contributed by atoms with Crippen molar-refractivity contribution in [3.05, 3.63) is 0 Å². The van der Waals surface area contributed by atoms with Crippen LogP contribution in [0.1, 0.15) is 25.7 Å². The number of carbonyl (C=O) groups excluding carboxylic acids is 2. The van der Waals surface area contributed by atoms with Crippen molar-refractivity contribution >= 4 is 12.8 Å². The first-order valence-corrected chi connectivity index (χ1v) is 5.57. The van der Waals surface area contributed by atoms with Gasteiger partial charge in [0, 0.05) is 13.1 Å². The molecule has 0 fully saturated rings. The Morgan fingerprint density at radius 2 is 1.12 bits per heavy atom. The molecular formula is C10H24N4O2. The Balaban J connectivity index is 0. The molecule has 0 aliphatic carbocycles. The van der Waals surface area contributed by atoms with Crippen LogP contribution in [0.4, 0.5) is 0 Å². The van der Waals surface area contributed by atoms with E-state index in [1.807, 2.05) is 0 Å². The van der Waals surface area contributed by atoms with Gasteiger partial charge in [0.15, 0.2) is 0 Å². The van der Waals surface area contributed by atoms with Gasteiger partial charge in [-0.15, -0.1) is 0 Å². The summed E-state index contributed by atoms with van der Waals surface area (Å²) in [6.07, 6.45) is 5.28. The fourth-order valence-corrected chi connectivity index (χ4v) is 0.861. The van der Waals surface area contributed by atoms with Gasteiger partial charge in [0.05, 0.1) is 0 Å². The number of hydrogen-bond donors (Lipinski definition) is 4. The summed E-state index contributed by atoms with van der Waals surface area (Å²) in [6.45, 7) is 2.92. The lowest BCUT2D eigenvalue weighted by Crippen LogP contribution is -2.16. The third-order valence-electron chi connectivity index (χ3n) is 1.72. The number of hydrogen-bond acceptors (Lipinski definition) is 4. The van der Waals surface area contributed by atoms with Gasteiger partial charge in [0.1, 0.15) is 0 Å². The van der Waals surface area contributed by atoms with Gasteiger partial charge >= 0.3 is 0 Å². The Morgan fingerprint density at radius 1 is 0.750 bits per heavy atom. The van der Waals surface area contributed by atoms with Crippen LogP contribution in [-0.2, 0) is 9.59 Å². The first-order valence-electron chi connectivity index (χ1n) is 5.57. The van der Waals surface area contributed by atoms with E-state index in [4.69, 9.17) is 11.5 Å². The molecule has 6 N–H and O–H groups in total. The zero-order valence-electron chi connectivity index (χ0n) is 9.78. The second-order valence-corrected chi connectivity index (χ2v) is 3.14. The van der Waals surface area contributed by atoms with Crippen LogP contribution in [0.5, 0.6) is 0 Å². The molecule has 0 unspecified atom stereocenters. The molecule has 0 saturated carbocycles. The van der Waals surface area contributed by atoms with E-state index in [9.17, 15) is 9.59 Å². The van der Waals surface area contributed by atoms with Crippen LogP contribution in [0, 0.1) is 0 Å². The average Bonchev–Trinajstić information content (AvgIpc) is 2.32. The molecule has 0 spiro atoms. The summed E-state index contributed by atoms with van der Waals surface area (Å²) in [4.78, 5) is 19.4. The number of amides is 2. The highest BCUT2D eigenvalue weighted by Crippen LogP contribution is 1.81. The smallest absolute Gasteiger partial charge is 0.207 e. The zero-order valence-corrected chi connectivity index (χ0v) is 9.78. The second kappa shape index (κ2) is 19.4. The first-order chi connectivity index (χ1) is 7.83. The average molecular weight is 232 g/mol. The van der Waals surface area contributed by atoms with Crippen molar-refractivity contribution in [1.82, 2.24) is 10.6 Å². The molecule has 16 heavy (non-hydrogen) atoms. The summed E-state index contributed by atoms with van der Waals surface area (Å²) in [5, 5.41) is 5.06. The summed E-state index contributed by atoms with van der Waals surface area (Å²) < 4.78 is 0. The lowest BCUT2D eigenvalue weighted by atomic mass is 10.3. The molecule has 0 heterocycles. The van der Waals surface area contributed by atoms with E-state index in [0.29, 0.717) is 25.9 Å². The maximum atomic E-state index is 9.71. The Hall–Kier alpha value is -1.14. The molecule has 6 heteroatoms. The van der Waals surface area contributed by atoms with Crippen LogP contribution in [0.3, 0.4) is 0 Å². The number of nitrogens with two attached hydrogens (primary N) is 2. The van der Waals surface area contributed by atoms with E-state index < -0.39 is 0 Å². The third kappa shape index (κ3) is 23.0. The fraction of sp³-hybridized carbons (Fsp3) is 0.800. The van der Waals surface area contributed by atoms with Crippen molar-refractivity contribution in [2.24, 2.45) is 11.5 Å². The Kier molecular flexibility index (Phi) is 21.0. The predicted molar refractivity (Wildman–Crippen MR) is 64.7 cm³/mol. The summed E-state index contributed by atoms with van der Waals surface area (Å²) in [5.74, 6) is 0. The Morgan fingerprint density at radius 3 is 1.38 bits per heavy atom. The number of rotatable bonds is 10. The van der Waals surface area contributed by atoms with Crippen molar-refractivity contribution in [1.29, 1.82) is 0 Å². The van der Waals surface area contributed by atoms with Gasteiger partial charge < -0.3 is 22.1 Å². The molecule has 2 amide bonds. The van der Waals surface area contributed by atoms with E-state index in [1.165, 1.54) is 0 Å². The van der Waals surface area contributed by atoms with Crippen LogP contribution in [0.2, 0.25) is 0 Å². The largest absolute Gasteiger partial charge is 0.359 e. The highest BCUT2D eigenvalue weighted by atomic mass is 16.1. The van der Waals surface area contributed by atoms with Crippen LogP contribution < -0.4 is 22.1 Å². The van der Waals surface area contributed by atoms with Crippen LogP contribution >= 0.6 is 0 Å². The van der Waals surface area contributed by atoms with Crippen molar-refractivity contribution in [2.45, 2.75) is 25.7 Å². The molecule has 0 atom stereocenters. The quantitative estimate of drug-likeness (QED) is 0.284. The fourth-order valence-electron chi connectivity index (χ4n) is 0.861. The molecule has 0 aromatic rings. The lowest BCUT2D eigenvalue weighted by molar-refractivity contribution is -0.110. The molecule has 0 aromatic carbocycles. The Bertz CT molecular complexity index is 129. The third-order valence-corrected chi connectivity index (χ3v) is 1.72. The molecule has 6 nitrogen and oxygen atoms in total. The maximum Gasteiger partial charge on any atom is 0.207 e. The van der Waals surface area contributed by atoms with Gasteiger partial charge in [-0.3, -0.25) is 9.59 Å².